The molecule has 0 radical (unpaired) electrons. The number of amides is 1. The lowest BCUT2D eigenvalue weighted by Crippen LogP contribution is -2.63. The average molecular weight is 585 g/mol. The maximum absolute atomic E-state index is 12.7. The molecule has 226 valence electrons. The van der Waals surface area contributed by atoms with Gasteiger partial charge in [0.15, 0.2) is 0 Å². The van der Waals surface area contributed by atoms with Crippen molar-refractivity contribution < 1.29 is 14.3 Å². The summed E-state index contributed by atoms with van der Waals surface area (Å²) in [7, 11) is 3.65. The largest absolute Gasteiger partial charge is 0.457 e. The van der Waals surface area contributed by atoms with E-state index >= 15 is 0 Å². The molecule has 10 heteroatoms. The second kappa shape index (κ2) is 11.3. The van der Waals surface area contributed by atoms with E-state index in [-0.39, 0.29) is 11.7 Å². The number of benzene rings is 2. The second-order valence-corrected chi connectivity index (χ2v) is 12.3. The third-order valence-electron chi connectivity index (χ3n) is 8.21. The van der Waals surface area contributed by atoms with Crippen LogP contribution in [0.2, 0.25) is 0 Å². The summed E-state index contributed by atoms with van der Waals surface area (Å²) in [4.78, 5) is 34.8. The van der Waals surface area contributed by atoms with E-state index in [1.54, 1.807) is 17.8 Å². The summed E-state index contributed by atoms with van der Waals surface area (Å²) >= 11 is 0. The van der Waals surface area contributed by atoms with Crippen LogP contribution in [0, 0.1) is 0 Å². The van der Waals surface area contributed by atoms with Crippen molar-refractivity contribution >= 4 is 28.4 Å². The lowest BCUT2D eigenvalue weighted by Gasteiger charge is -2.49. The molecule has 4 aromatic rings. The number of aromatic nitrogens is 2. The highest BCUT2D eigenvalue weighted by Crippen LogP contribution is 2.39. The molecule has 0 spiro atoms. The summed E-state index contributed by atoms with van der Waals surface area (Å²) in [6.45, 7) is 10.6. The standard InChI is InChI=1S/C33H40N6O4/c1-33(2,3)43-32(41)38-15-13-37(14-16-38)24-19-39(20-24)23-7-6-8-25(18-23)42-29-10-9-22(34-4)17-27(29)28-21-36(5)31(40)30-26(28)11-12-35-30/h6-12,17-18,21,24,34-35H,13-16,19-20H2,1-5H3. The van der Waals surface area contributed by atoms with Gasteiger partial charge in [-0.15, -0.1) is 0 Å². The van der Waals surface area contributed by atoms with Gasteiger partial charge < -0.3 is 34.1 Å². The molecule has 6 rings (SSSR count). The minimum Gasteiger partial charge on any atom is -0.457 e. The van der Waals surface area contributed by atoms with Crippen LogP contribution in [-0.4, -0.2) is 83.4 Å². The Morgan fingerprint density at radius 3 is 2.49 bits per heavy atom. The van der Waals surface area contributed by atoms with Gasteiger partial charge in [0.25, 0.3) is 5.56 Å². The van der Waals surface area contributed by atoms with Gasteiger partial charge in [0.2, 0.25) is 0 Å². The average Bonchev–Trinajstić information content (AvgIpc) is 3.45. The highest BCUT2D eigenvalue weighted by atomic mass is 16.6. The molecule has 1 amide bonds. The predicted molar refractivity (Wildman–Crippen MR) is 170 cm³/mol. The van der Waals surface area contributed by atoms with Crippen molar-refractivity contribution in [2.45, 2.75) is 32.4 Å². The smallest absolute Gasteiger partial charge is 0.410 e. The van der Waals surface area contributed by atoms with Crippen molar-refractivity contribution in [1.82, 2.24) is 19.4 Å². The number of fused-ring (bicyclic) bond motifs is 1. The van der Waals surface area contributed by atoms with Crippen molar-refractivity contribution in [3.05, 3.63) is 71.3 Å². The minimum atomic E-state index is -0.477. The number of anilines is 2. The first-order chi connectivity index (χ1) is 20.6. The number of hydrogen-bond acceptors (Lipinski definition) is 7. The van der Waals surface area contributed by atoms with E-state index < -0.39 is 5.60 Å². The number of carbonyl (C=O) groups excluding carboxylic acids is 1. The van der Waals surface area contributed by atoms with Crippen molar-refractivity contribution in [3.8, 4) is 22.6 Å². The third kappa shape index (κ3) is 5.92. The normalized spacial score (nSPS) is 16.3. The molecule has 2 N–H and O–H groups in total. The molecule has 2 aromatic heterocycles. The van der Waals surface area contributed by atoms with Crippen LogP contribution in [0.25, 0.3) is 22.0 Å². The van der Waals surface area contributed by atoms with Gasteiger partial charge in [-0.25, -0.2) is 4.79 Å². The molecule has 2 saturated heterocycles. The van der Waals surface area contributed by atoms with E-state index in [1.807, 2.05) is 75.3 Å². The van der Waals surface area contributed by atoms with Crippen LogP contribution >= 0.6 is 0 Å². The molecule has 0 bridgehead atoms. The molecule has 0 aliphatic carbocycles. The maximum atomic E-state index is 12.7. The zero-order chi connectivity index (χ0) is 30.3. The lowest BCUT2D eigenvalue weighted by molar-refractivity contribution is 0.00876. The van der Waals surface area contributed by atoms with Gasteiger partial charge in [0.1, 0.15) is 22.6 Å². The van der Waals surface area contributed by atoms with Crippen molar-refractivity contribution in [1.29, 1.82) is 0 Å². The SMILES string of the molecule is CNc1ccc(Oc2cccc(N3CC(N4CCN(C(=O)OC(C)(C)C)CC4)C3)c2)c(-c2cn(C)c(=O)c3[nH]ccc23)c1. The third-order valence-corrected chi connectivity index (χ3v) is 8.21. The van der Waals surface area contributed by atoms with E-state index in [2.05, 4.69) is 32.2 Å². The van der Waals surface area contributed by atoms with Crippen LogP contribution < -0.4 is 20.5 Å². The quantitative estimate of drug-likeness (QED) is 0.325. The summed E-state index contributed by atoms with van der Waals surface area (Å²) in [5.74, 6) is 1.46. The number of rotatable bonds is 6. The molecular formula is C33H40N6O4. The van der Waals surface area contributed by atoms with Gasteiger partial charge in [0, 0.05) is 106 Å². The molecule has 2 aromatic carbocycles. The van der Waals surface area contributed by atoms with Crippen LogP contribution in [0.5, 0.6) is 11.5 Å². The van der Waals surface area contributed by atoms with Gasteiger partial charge in [-0.05, 0) is 57.2 Å². The van der Waals surface area contributed by atoms with E-state index in [0.717, 1.165) is 59.8 Å². The number of H-pyrrole nitrogens is 1. The number of ether oxygens (including phenoxy) is 2. The van der Waals surface area contributed by atoms with E-state index in [9.17, 15) is 9.59 Å². The molecule has 43 heavy (non-hydrogen) atoms. The Morgan fingerprint density at radius 1 is 1.00 bits per heavy atom. The first kappa shape index (κ1) is 28.7. The number of nitrogens with zero attached hydrogens (tertiary/aromatic N) is 4. The molecule has 2 aliphatic rings. The zero-order valence-corrected chi connectivity index (χ0v) is 25.5. The summed E-state index contributed by atoms with van der Waals surface area (Å²) < 4.78 is 13.7. The molecule has 2 fully saturated rings. The van der Waals surface area contributed by atoms with Gasteiger partial charge >= 0.3 is 6.09 Å². The number of pyridine rings is 1. The molecule has 0 unspecified atom stereocenters. The fourth-order valence-electron chi connectivity index (χ4n) is 5.83. The van der Waals surface area contributed by atoms with Crippen molar-refractivity contribution in [3.63, 3.8) is 0 Å². The maximum Gasteiger partial charge on any atom is 0.410 e. The zero-order valence-electron chi connectivity index (χ0n) is 25.5. The number of carbonyl (C=O) groups is 1. The van der Waals surface area contributed by atoms with Gasteiger partial charge in [-0.3, -0.25) is 9.69 Å². The number of piperazine rings is 1. The van der Waals surface area contributed by atoms with E-state index in [1.165, 1.54) is 0 Å². The summed E-state index contributed by atoms with van der Waals surface area (Å²) in [5, 5.41) is 4.07. The first-order valence-corrected chi connectivity index (χ1v) is 14.8. The van der Waals surface area contributed by atoms with Crippen LogP contribution in [0.1, 0.15) is 20.8 Å². The van der Waals surface area contributed by atoms with E-state index in [0.29, 0.717) is 30.4 Å². The Labute approximate surface area is 251 Å². The predicted octanol–water partition coefficient (Wildman–Crippen LogP) is 5.11. The highest BCUT2D eigenvalue weighted by molar-refractivity contribution is 5.96. The Kier molecular flexibility index (Phi) is 7.56. The van der Waals surface area contributed by atoms with Gasteiger partial charge in [0.05, 0.1) is 0 Å². The fraction of sp³-hybridized carbons (Fsp3) is 0.394. The monoisotopic (exact) mass is 584 g/mol. The number of aromatic amines is 1. The molecular weight excluding hydrogens is 544 g/mol. The molecule has 4 heterocycles. The van der Waals surface area contributed by atoms with Crippen molar-refractivity contribution in [2.75, 3.05) is 56.5 Å². The van der Waals surface area contributed by atoms with Gasteiger partial charge in [-0.2, -0.15) is 0 Å². The molecule has 2 aliphatic heterocycles. The summed E-state index contributed by atoms with van der Waals surface area (Å²) in [5.41, 5.74) is 3.90. The number of aryl methyl sites for hydroxylation is 1. The number of nitrogens with one attached hydrogen (secondary N) is 2. The van der Waals surface area contributed by atoms with Gasteiger partial charge in [-0.1, -0.05) is 6.07 Å². The second-order valence-electron chi connectivity index (χ2n) is 12.3. The first-order valence-electron chi connectivity index (χ1n) is 14.8. The molecule has 10 nitrogen and oxygen atoms in total. The van der Waals surface area contributed by atoms with Crippen LogP contribution in [-0.2, 0) is 11.8 Å². The number of hydrogen-bond donors (Lipinski definition) is 2. The Balaban J connectivity index is 1.14. The van der Waals surface area contributed by atoms with Crippen LogP contribution in [0.4, 0.5) is 16.2 Å². The molecule has 0 atom stereocenters. The highest BCUT2D eigenvalue weighted by Gasteiger charge is 2.35. The van der Waals surface area contributed by atoms with Crippen LogP contribution in [0.3, 0.4) is 0 Å². The summed E-state index contributed by atoms with van der Waals surface area (Å²) in [6, 6.07) is 16.6. The van der Waals surface area contributed by atoms with Crippen molar-refractivity contribution in [2.24, 2.45) is 7.05 Å². The Bertz CT molecular complexity index is 1690. The fourth-order valence-corrected chi connectivity index (χ4v) is 5.83. The Hall–Kier alpha value is -4.44. The molecule has 0 saturated carbocycles. The van der Waals surface area contributed by atoms with Crippen LogP contribution in [0.15, 0.2) is 65.7 Å². The minimum absolute atomic E-state index is 0.0681. The summed E-state index contributed by atoms with van der Waals surface area (Å²) in [6.07, 6.45) is 3.43. The topological polar surface area (TPSA) is 95.1 Å². The van der Waals surface area contributed by atoms with E-state index in [4.69, 9.17) is 9.47 Å². The Morgan fingerprint density at radius 2 is 1.77 bits per heavy atom. The lowest BCUT2D eigenvalue weighted by atomic mass is 10.0.